The van der Waals surface area contributed by atoms with Crippen molar-refractivity contribution in [2.75, 3.05) is 32.7 Å². The number of likely N-dealkylation sites (N-methyl/N-ethyl adjacent to an activating group) is 1. The normalized spacial score (nSPS) is 23.9. The fourth-order valence-corrected chi connectivity index (χ4v) is 3.24. The molecule has 2 rings (SSSR count). The Morgan fingerprint density at radius 3 is 2.38 bits per heavy atom. The van der Waals surface area contributed by atoms with Crippen LogP contribution in [-0.2, 0) is 9.59 Å². The van der Waals surface area contributed by atoms with Gasteiger partial charge in [0, 0.05) is 45.1 Å². The Morgan fingerprint density at radius 1 is 1.05 bits per heavy atom. The lowest BCUT2D eigenvalue weighted by Gasteiger charge is -2.20. The second-order valence-corrected chi connectivity index (χ2v) is 6.24. The zero-order valence-electron chi connectivity index (χ0n) is 13.3. The lowest BCUT2D eigenvalue weighted by Crippen LogP contribution is -2.38. The molecule has 0 aliphatic carbocycles. The summed E-state index contributed by atoms with van der Waals surface area (Å²) in [7, 11) is 0. The SMILES string of the molecule is CCN1CCC(NC(=O)CCC(=O)N2CCCCCC2)C1. The summed E-state index contributed by atoms with van der Waals surface area (Å²) in [6, 6.07) is 0.269. The third kappa shape index (κ3) is 5.30. The average Bonchev–Trinajstić information content (AvgIpc) is 2.76. The summed E-state index contributed by atoms with van der Waals surface area (Å²) in [6.45, 7) is 6.93. The lowest BCUT2D eigenvalue weighted by molar-refractivity contribution is -0.133. The van der Waals surface area contributed by atoms with E-state index in [2.05, 4.69) is 17.1 Å². The summed E-state index contributed by atoms with van der Waals surface area (Å²) in [5.74, 6) is 0.176. The molecule has 21 heavy (non-hydrogen) atoms. The Kier molecular flexibility index (Phi) is 6.49. The van der Waals surface area contributed by atoms with Crippen molar-refractivity contribution in [1.29, 1.82) is 0 Å². The first-order valence-electron chi connectivity index (χ1n) is 8.48. The quantitative estimate of drug-likeness (QED) is 0.833. The number of nitrogens with one attached hydrogen (secondary N) is 1. The number of amides is 2. The summed E-state index contributed by atoms with van der Waals surface area (Å²) in [5, 5.41) is 3.06. The molecule has 2 aliphatic heterocycles. The fourth-order valence-electron chi connectivity index (χ4n) is 3.24. The smallest absolute Gasteiger partial charge is 0.223 e. The molecule has 0 aromatic carbocycles. The van der Waals surface area contributed by atoms with Gasteiger partial charge in [-0.2, -0.15) is 0 Å². The Hall–Kier alpha value is -1.10. The number of hydrogen-bond acceptors (Lipinski definition) is 3. The third-order valence-electron chi connectivity index (χ3n) is 4.61. The maximum absolute atomic E-state index is 12.1. The Balaban J connectivity index is 1.65. The minimum Gasteiger partial charge on any atom is -0.352 e. The zero-order chi connectivity index (χ0) is 15.1. The van der Waals surface area contributed by atoms with Gasteiger partial charge in [0.05, 0.1) is 0 Å². The number of carbonyl (C=O) groups excluding carboxylic acids is 2. The average molecular weight is 295 g/mol. The standard InChI is InChI=1S/C16H29N3O2/c1-2-18-12-9-14(13-18)17-15(20)7-8-16(21)19-10-5-3-4-6-11-19/h14H,2-13H2,1H3,(H,17,20). The molecule has 0 bridgehead atoms. The molecule has 2 heterocycles. The fraction of sp³-hybridized carbons (Fsp3) is 0.875. The van der Waals surface area contributed by atoms with Gasteiger partial charge in [-0.3, -0.25) is 9.59 Å². The van der Waals surface area contributed by atoms with Crippen LogP contribution in [0.2, 0.25) is 0 Å². The second kappa shape index (κ2) is 8.37. The van der Waals surface area contributed by atoms with E-state index < -0.39 is 0 Å². The summed E-state index contributed by atoms with van der Waals surface area (Å²) in [6.07, 6.45) is 6.37. The van der Waals surface area contributed by atoms with Crippen LogP contribution >= 0.6 is 0 Å². The number of likely N-dealkylation sites (tertiary alicyclic amines) is 2. The van der Waals surface area contributed by atoms with E-state index in [0.717, 1.165) is 52.0 Å². The largest absolute Gasteiger partial charge is 0.352 e. The van der Waals surface area contributed by atoms with Crippen molar-refractivity contribution < 1.29 is 9.59 Å². The molecular weight excluding hydrogens is 266 g/mol. The van der Waals surface area contributed by atoms with E-state index in [9.17, 15) is 9.59 Å². The van der Waals surface area contributed by atoms with E-state index in [1.54, 1.807) is 0 Å². The van der Waals surface area contributed by atoms with Crippen molar-refractivity contribution >= 4 is 11.8 Å². The zero-order valence-corrected chi connectivity index (χ0v) is 13.3. The molecule has 5 heteroatoms. The summed E-state index contributed by atoms with van der Waals surface area (Å²) >= 11 is 0. The number of nitrogens with zero attached hydrogens (tertiary/aromatic N) is 2. The molecular formula is C16H29N3O2. The van der Waals surface area contributed by atoms with Crippen LogP contribution in [0.4, 0.5) is 0 Å². The highest BCUT2D eigenvalue weighted by Crippen LogP contribution is 2.12. The van der Waals surface area contributed by atoms with E-state index in [0.29, 0.717) is 12.8 Å². The predicted octanol–water partition coefficient (Wildman–Crippen LogP) is 1.38. The van der Waals surface area contributed by atoms with Gasteiger partial charge in [0.25, 0.3) is 0 Å². The van der Waals surface area contributed by atoms with E-state index in [4.69, 9.17) is 0 Å². The first-order chi connectivity index (χ1) is 10.2. The van der Waals surface area contributed by atoms with E-state index >= 15 is 0 Å². The topological polar surface area (TPSA) is 52.7 Å². The van der Waals surface area contributed by atoms with Crippen molar-refractivity contribution in [2.24, 2.45) is 0 Å². The second-order valence-electron chi connectivity index (χ2n) is 6.24. The van der Waals surface area contributed by atoms with E-state index in [1.165, 1.54) is 12.8 Å². The van der Waals surface area contributed by atoms with Gasteiger partial charge in [0.1, 0.15) is 0 Å². The van der Waals surface area contributed by atoms with Gasteiger partial charge in [-0.15, -0.1) is 0 Å². The monoisotopic (exact) mass is 295 g/mol. The molecule has 0 aromatic heterocycles. The van der Waals surface area contributed by atoms with Gasteiger partial charge in [-0.25, -0.2) is 0 Å². The maximum Gasteiger partial charge on any atom is 0.223 e. The van der Waals surface area contributed by atoms with Crippen LogP contribution in [0.15, 0.2) is 0 Å². The van der Waals surface area contributed by atoms with Gasteiger partial charge in [0.2, 0.25) is 11.8 Å². The summed E-state index contributed by atoms with van der Waals surface area (Å²) in [4.78, 5) is 28.4. The number of rotatable bonds is 5. The van der Waals surface area contributed by atoms with Crippen molar-refractivity contribution in [3.63, 3.8) is 0 Å². The van der Waals surface area contributed by atoms with Crippen LogP contribution in [0, 0.1) is 0 Å². The number of hydrogen-bond donors (Lipinski definition) is 1. The minimum atomic E-state index is 0.0288. The van der Waals surface area contributed by atoms with Crippen LogP contribution < -0.4 is 5.32 Å². The number of carbonyl (C=O) groups is 2. The van der Waals surface area contributed by atoms with E-state index in [1.807, 2.05) is 4.90 Å². The van der Waals surface area contributed by atoms with Gasteiger partial charge >= 0.3 is 0 Å². The molecule has 2 saturated heterocycles. The van der Waals surface area contributed by atoms with Crippen molar-refractivity contribution in [1.82, 2.24) is 15.1 Å². The summed E-state index contributed by atoms with van der Waals surface area (Å²) in [5.41, 5.74) is 0. The van der Waals surface area contributed by atoms with Crippen LogP contribution in [0.25, 0.3) is 0 Å². The highest BCUT2D eigenvalue weighted by Gasteiger charge is 2.23. The first kappa shape index (κ1) is 16.3. The molecule has 0 spiro atoms. The molecule has 0 radical (unpaired) electrons. The van der Waals surface area contributed by atoms with Crippen LogP contribution in [0.5, 0.6) is 0 Å². The predicted molar refractivity (Wildman–Crippen MR) is 82.9 cm³/mol. The Morgan fingerprint density at radius 2 is 1.76 bits per heavy atom. The molecule has 0 aromatic rings. The van der Waals surface area contributed by atoms with Gasteiger partial charge in [-0.1, -0.05) is 19.8 Å². The molecule has 1 N–H and O–H groups in total. The molecule has 2 amide bonds. The van der Waals surface area contributed by atoms with Crippen LogP contribution in [0.3, 0.4) is 0 Å². The first-order valence-corrected chi connectivity index (χ1v) is 8.48. The van der Waals surface area contributed by atoms with Crippen molar-refractivity contribution in [3.8, 4) is 0 Å². The molecule has 1 unspecified atom stereocenters. The molecule has 1 atom stereocenters. The molecule has 2 aliphatic rings. The molecule has 0 saturated carbocycles. The van der Waals surface area contributed by atoms with Gasteiger partial charge in [-0.05, 0) is 25.8 Å². The van der Waals surface area contributed by atoms with Gasteiger partial charge < -0.3 is 15.1 Å². The third-order valence-corrected chi connectivity index (χ3v) is 4.61. The molecule has 5 nitrogen and oxygen atoms in total. The van der Waals surface area contributed by atoms with Crippen LogP contribution in [0.1, 0.15) is 51.9 Å². The molecule has 2 fully saturated rings. The highest BCUT2D eigenvalue weighted by atomic mass is 16.2. The highest BCUT2D eigenvalue weighted by molar-refractivity contribution is 5.83. The maximum atomic E-state index is 12.1. The van der Waals surface area contributed by atoms with Crippen molar-refractivity contribution in [3.05, 3.63) is 0 Å². The summed E-state index contributed by atoms with van der Waals surface area (Å²) < 4.78 is 0. The Bertz CT molecular complexity index is 351. The molecule has 120 valence electrons. The van der Waals surface area contributed by atoms with E-state index in [-0.39, 0.29) is 17.9 Å². The van der Waals surface area contributed by atoms with Crippen molar-refractivity contribution in [2.45, 2.75) is 57.9 Å². The lowest BCUT2D eigenvalue weighted by atomic mass is 10.2. The van der Waals surface area contributed by atoms with Crippen LogP contribution in [-0.4, -0.2) is 60.4 Å². The van der Waals surface area contributed by atoms with Gasteiger partial charge in [0.15, 0.2) is 0 Å². The minimum absolute atomic E-state index is 0.0288. The Labute approximate surface area is 128 Å².